The molecular weight excluding hydrogens is 304 g/mol. The third-order valence-electron chi connectivity index (χ3n) is 3.47. The van der Waals surface area contributed by atoms with Gasteiger partial charge in [-0.3, -0.25) is 20.4 Å². The van der Waals surface area contributed by atoms with E-state index in [0.717, 1.165) is 11.3 Å². The second-order valence-corrected chi connectivity index (χ2v) is 5.28. The topological polar surface area (TPSA) is 76.0 Å². The smallest absolute Gasteiger partial charge is 0.267 e. The fraction of sp³-hybridized carbons (Fsp3) is 0.0556. The van der Waals surface area contributed by atoms with Crippen LogP contribution in [0.3, 0.4) is 0 Å². The van der Waals surface area contributed by atoms with E-state index in [0.29, 0.717) is 11.1 Å². The van der Waals surface area contributed by atoms with Crippen molar-refractivity contribution in [1.29, 1.82) is 0 Å². The molecule has 0 radical (unpaired) electrons. The fourth-order valence-electron chi connectivity index (χ4n) is 2.12. The Morgan fingerprint density at radius 3 is 2.17 bits per heavy atom. The van der Waals surface area contributed by atoms with Crippen molar-refractivity contribution in [2.75, 3.05) is 0 Å². The van der Waals surface area contributed by atoms with E-state index < -0.39 is 5.91 Å². The summed E-state index contributed by atoms with van der Waals surface area (Å²) < 4.78 is 1.59. The highest BCUT2D eigenvalue weighted by molar-refractivity contribution is 5.98. The number of hydrazine groups is 1. The van der Waals surface area contributed by atoms with Crippen molar-refractivity contribution in [2.45, 2.75) is 6.92 Å². The Labute approximate surface area is 139 Å². The Balaban J connectivity index is 1.62. The maximum Gasteiger partial charge on any atom is 0.272 e. The van der Waals surface area contributed by atoms with Crippen LogP contribution in [0.15, 0.2) is 67.0 Å². The normalized spacial score (nSPS) is 10.2. The zero-order chi connectivity index (χ0) is 16.9. The minimum absolute atomic E-state index is 0.350. The number of amides is 2. The average molecular weight is 320 g/mol. The van der Waals surface area contributed by atoms with E-state index in [4.69, 9.17) is 0 Å². The van der Waals surface area contributed by atoms with Crippen molar-refractivity contribution in [3.63, 3.8) is 0 Å². The van der Waals surface area contributed by atoms with Crippen LogP contribution in [0.4, 0.5) is 0 Å². The van der Waals surface area contributed by atoms with Crippen LogP contribution in [0.2, 0.25) is 0 Å². The lowest BCUT2D eigenvalue weighted by Gasteiger charge is -2.06. The number of carbonyl (C=O) groups excluding carboxylic acids is 2. The van der Waals surface area contributed by atoms with Crippen LogP contribution in [0.5, 0.6) is 0 Å². The molecule has 0 aliphatic carbocycles. The molecule has 0 atom stereocenters. The minimum Gasteiger partial charge on any atom is -0.267 e. The number of hydrogen-bond acceptors (Lipinski definition) is 3. The molecule has 2 aromatic carbocycles. The Hall–Kier alpha value is -3.41. The number of carbonyl (C=O) groups is 2. The second kappa shape index (κ2) is 6.78. The Bertz CT molecular complexity index is 854. The predicted molar refractivity (Wildman–Crippen MR) is 89.7 cm³/mol. The van der Waals surface area contributed by atoms with E-state index in [1.807, 2.05) is 49.4 Å². The number of benzene rings is 2. The van der Waals surface area contributed by atoms with Crippen LogP contribution in [0.25, 0.3) is 5.69 Å². The Kier molecular flexibility index (Phi) is 4.38. The zero-order valence-electron chi connectivity index (χ0n) is 13.1. The van der Waals surface area contributed by atoms with Gasteiger partial charge in [0.25, 0.3) is 11.8 Å². The third-order valence-corrected chi connectivity index (χ3v) is 3.47. The second-order valence-electron chi connectivity index (χ2n) is 5.28. The molecule has 0 saturated carbocycles. The first kappa shape index (κ1) is 15.5. The highest BCUT2D eigenvalue weighted by atomic mass is 16.2. The predicted octanol–water partition coefficient (Wildman–Crippen LogP) is 2.26. The van der Waals surface area contributed by atoms with Gasteiger partial charge >= 0.3 is 0 Å². The first-order chi connectivity index (χ1) is 11.6. The molecule has 0 spiro atoms. The van der Waals surface area contributed by atoms with Crippen LogP contribution in [-0.2, 0) is 0 Å². The van der Waals surface area contributed by atoms with E-state index in [2.05, 4.69) is 16.0 Å². The lowest BCUT2D eigenvalue weighted by atomic mass is 10.1. The Morgan fingerprint density at radius 1 is 0.875 bits per heavy atom. The molecule has 2 amide bonds. The van der Waals surface area contributed by atoms with Gasteiger partial charge in [-0.15, -0.1) is 0 Å². The lowest BCUT2D eigenvalue weighted by molar-refractivity contribution is 0.0846. The van der Waals surface area contributed by atoms with Gasteiger partial charge in [-0.2, -0.15) is 5.10 Å². The summed E-state index contributed by atoms with van der Waals surface area (Å²) in [7, 11) is 0. The summed E-state index contributed by atoms with van der Waals surface area (Å²) in [6.45, 7) is 1.94. The van der Waals surface area contributed by atoms with Gasteiger partial charge < -0.3 is 0 Å². The van der Waals surface area contributed by atoms with Crippen LogP contribution < -0.4 is 10.9 Å². The maximum atomic E-state index is 12.1. The third kappa shape index (κ3) is 3.49. The fourth-order valence-corrected chi connectivity index (χ4v) is 2.12. The molecule has 3 rings (SSSR count). The maximum absolute atomic E-state index is 12.1. The monoisotopic (exact) mass is 320 g/mol. The first-order valence-corrected chi connectivity index (χ1v) is 7.41. The van der Waals surface area contributed by atoms with Gasteiger partial charge in [0.2, 0.25) is 0 Å². The molecule has 0 fully saturated rings. The van der Waals surface area contributed by atoms with Gasteiger partial charge in [-0.25, -0.2) is 4.68 Å². The first-order valence-electron chi connectivity index (χ1n) is 7.41. The summed E-state index contributed by atoms with van der Waals surface area (Å²) in [5.74, 6) is -0.809. The molecule has 120 valence electrons. The van der Waals surface area contributed by atoms with Crippen molar-refractivity contribution in [1.82, 2.24) is 20.6 Å². The number of aromatic nitrogens is 2. The van der Waals surface area contributed by atoms with Crippen molar-refractivity contribution in [2.24, 2.45) is 0 Å². The molecular formula is C18H16N4O2. The molecule has 1 aromatic heterocycles. The van der Waals surface area contributed by atoms with Gasteiger partial charge in [-0.1, -0.05) is 35.9 Å². The molecule has 0 saturated heterocycles. The van der Waals surface area contributed by atoms with Gasteiger partial charge in [0.1, 0.15) is 0 Å². The molecule has 0 bridgehead atoms. The summed E-state index contributed by atoms with van der Waals surface area (Å²) in [6, 6.07) is 16.5. The van der Waals surface area contributed by atoms with Crippen LogP contribution in [-0.4, -0.2) is 21.6 Å². The Morgan fingerprint density at radius 2 is 1.50 bits per heavy atom. The molecule has 3 aromatic rings. The van der Waals surface area contributed by atoms with Gasteiger partial charge in [0.15, 0.2) is 0 Å². The van der Waals surface area contributed by atoms with Gasteiger partial charge in [0, 0.05) is 11.8 Å². The van der Waals surface area contributed by atoms with Crippen molar-refractivity contribution < 1.29 is 9.59 Å². The molecule has 1 heterocycles. The zero-order valence-corrected chi connectivity index (χ0v) is 13.1. The highest BCUT2D eigenvalue weighted by Crippen LogP contribution is 2.07. The number of nitrogens with one attached hydrogen (secondary N) is 2. The van der Waals surface area contributed by atoms with E-state index >= 15 is 0 Å². The largest absolute Gasteiger partial charge is 0.272 e. The molecule has 6 nitrogen and oxygen atoms in total. The average Bonchev–Trinajstić information content (AvgIpc) is 3.11. The van der Waals surface area contributed by atoms with Gasteiger partial charge in [-0.05, 0) is 31.2 Å². The standard InChI is InChI=1S/C18H16N4O2/c1-13-7-9-14(10-8-13)17(23)20-21-18(24)15-11-19-22(12-15)16-5-3-2-4-6-16/h2-12H,1H3,(H,20,23)(H,21,24). The number of aryl methyl sites for hydroxylation is 1. The van der Waals surface area contributed by atoms with E-state index in [1.165, 1.54) is 6.20 Å². The summed E-state index contributed by atoms with van der Waals surface area (Å²) in [5.41, 5.74) is 7.50. The number of para-hydroxylation sites is 1. The van der Waals surface area contributed by atoms with Crippen molar-refractivity contribution >= 4 is 11.8 Å². The molecule has 2 N–H and O–H groups in total. The molecule has 24 heavy (non-hydrogen) atoms. The van der Waals surface area contributed by atoms with E-state index in [9.17, 15) is 9.59 Å². The molecule has 6 heteroatoms. The van der Waals surface area contributed by atoms with E-state index in [1.54, 1.807) is 23.0 Å². The minimum atomic E-state index is -0.433. The van der Waals surface area contributed by atoms with Crippen molar-refractivity contribution in [3.8, 4) is 5.69 Å². The van der Waals surface area contributed by atoms with Crippen molar-refractivity contribution in [3.05, 3.63) is 83.7 Å². The number of hydrogen-bond donors (Lipinski definition) is 2. The SMILES string of the molecule is Cc1ccc(C(=O)NNC(=O)c2cnn(-c3ccccc3)c2)cc1. The molecule has 0 unspecified atom stereocenters. The summed E-state index contributed by atoms with van der Waals surface area (Å²) in [5, 5.41) is 4.15. The molecule has 0 aliphatic rings. The molecule has 0 aliphatic heterocycles. The highest BCUT2D eigenvalue weighted by Gasteiger charge is 2.11. The number of rotatable bonds is 3. The van der Waals surface area contributed by atoms with E-state index in [-0.39, 0.29) is 5.91 Å². The summed E-state index contributed by atoms with van der Waals surface area (Å²) >= 11 is 0. The lowest BCUT2D eigenvalue weighted by Crippen LogP contribution is -2.41. The summed E-state index contributed by atoms with van der Waals surface area (Å²) in [6.07, 6.45) is 3.04. The van der Waals surface area contributed by atoms with Gasteiger partial charge in [0.05, 0.1) is 17.4 Å². The quantitative estimate of drug-likeness (QED) is 0.727. The summed E-state index contributed by atoms with van der Waals surface area (Å²) in [4.78, 5) is 24.1. The number of nitrogens with zero attached hydrogens (tertiary/aromatic N) is 2. The van der Waals surface area contributed by atoms with Crippen LogP contribution >= 0.6 is 0 Å². The van der Waals surface area contributed by atoms with Crippen LogP contribution in [0, 0.1) is 6.92 Å². The van der Waals surface area contributed by atoms with Crippen LogP contribution in [0.1, 0.15) is 26.3 Å².